The van der Waals surface area contributed by atoms with E-state index in [4.69, 9.17) is 26.1 Å². The van der Waals surface area contributed by atoms with Gasteiger partial charge in [0, 0.05) is 10.6 Å². The number of benzene rings is 3. The largest absolute Gasteiger partial charge is 0.497 e. The number of imidazole rings is 1. The molecule has 0 spiro atoms. The van der Waals surface area contributed by atoms with Crippen molar-refractivity contribution in [1.29, 1.82) is 0 Å². The van der Waals surface area contributed by atoms with E-state index in [1.807, 2.05) is 48.5 Å². The van der Waals surface area contributed by atoms with Crippen LogP contribution < -0.4 is 14.9 Å². The van der Waals surface area contributed by atoms with Gasteiger partial charge in [0.05, 0.1) is 43.8 Å². The molecule has 174 valence electrons. The van der Waals surface area contributed by atoms with Crippen LogP contribution in [0.3, 0.4) is 0 Å². The first-order valence-electron chi connectivity index (χ1n) is 10.4. The van der Waals surface area contributed by atoms with Crippen LogP contribution in [0.25, 0.3) is 11.0 Å². The lowest BCUT2D eigenvalue weighted by atomic mass is 10.2. The Kier molecular flexibility index (Phi) is 7.72. The van der Waals surface area contributed by atoms with E-state index >= 15 is 0 Å². The molecule has 0 radical (unpaired) electrons. The van der Waals surface area contributed by atoms with Crippen molar-refractivity contribution >= 4 is 46.5 Å². The molecule has 3 aromatic carbocycles. The lowest BCUT2D eigenvalue weighted by molar-refractivity contribution is -0.118. The summed E-state index contributed by atoms with van der Waals surface area (Å²) in [5.41, 5.74) is 6.23. The molecule has 0 aliphatic heterocycles. The summed E-state index contributed by atoms with van der Waals surface area (Å²) in [5, 5.41) is 5.51. The zero-order chi connectivity index (χ0) is 23.9. The number of hydrogen-bond acceptors (Lipinski definition) is 6. The van der Waals surface area contributed by atoms with Crippen molar-refractivity contribution in [2.45, 2.75) is 11.7 Å². The summed E-state index contributed by atoms with van der Waals surface area (Å²) in [6.07, 6.45) is 1.53. The third-order valence-electron chi connectivity index (χ3n) is 5.04. The number of nitrogens with one attached hydrogen (secondary N) is 1. The van der Waals surface area contributed by atoms with Crippen LogP contribution in [0, 0.1) is 0 Å². The van der Waals surface area contributed by atoms with Crippen molar-refractivity contribution in [3.63, 3.8) is 0 Å². The maximum absolute atomic E-state index is 12.5. The van der Waals surface area contributed by atoms with Crippen LogP contribution in [0.15, 0.2) is 77.0 Å². The van der Waals surface area contributed by atoms with Crippen LogP contribution in [0.4, 0.5) is 0 Å². The highest BCUT2D eigenvalue weighted by Gasteiger charge is 2.13. The lowest BCUT2D eigenvalue weighted by Gasteiger charge is -2.09. The second-order valence-corrected chi connectivity index (χ2v) is 8.66. The molecule has 34 heavy (non-hydrogen) atoms. The number of ether oxygens (including phenoxy) is 2. The van der Waals surface area contributed by atoms with E-state index in [0.717, 1.165) is 21.8 Å². The van der Waals surface area contributed by atoms with Gasteiger partial charge in [0.25, 0.3) is 5.91 Å². The van der Waals surface area contributed by atoms with E-state index in [1.54, 1.807) is 32.4 Å². The van der Waals surface area contributed by atoms with E-state index < -0.39 is 0 Å². The minimum Gasteiger partial charge on any atom is -0.497 e. The summed E-state index contributed by atoms with van der Waals surface area (Å²) < 4.78 is 12.7. The number of carbonyl (C=O) groups is 1. The molecule has 0 aliphatic rings. The third-order valence-corrected chi connectivity index (χ3v) is 6.26. The molecule has 1 heterocycles. The Hall–Kier alpha value is -3.49. The summed E-state index contributed by atoms with van der Waals surface area (Å²) in [7, 11) is 3.16. The van der Waals surface area contributed by atoms with Crippen molar-refractivity contribution in [3.05, 3.63) is 82.9 Å². The van der Waals surface area contributed by atoms with Gasteiger partial charge in [-0.3, -0.25) is 4.79 Å². The maximum Gasteiger partial charge on any atom is 0.250 e. The van der Waals surface area contributed by atoms with Crippen molar-refractivity contribution in [2.75, 3.05) is 20.0 Å². The second-order valence-electron chi connectivity index (χ2n) is 7.29. The van der Waals surface area contributed by atoms with E-state index in [0.29, 0.717) is 28.6 Å². The molecule has 0 aliphatic carbocycles. The molecule has 0 saturated heterocycles. The van der Waals surface area contributed by atoms with Crippen LogP contribution in [-0.2, 0) is 11.3 Å². The number of nitrogens with zero attached hydrogens (tertiary/aromatic N) is 3. The first-order valence-corrected chi connectivity index (χ1v) is 11.8. The molecule has 9 heteroatoms. The number of rotatable bonds is 9. The van der Waals surface area contributed by atoms with Gasteiger partial charge in [0.1, 0.15) is 11.5 Å². The Morgan fingerprint density at radius 1 is 1.12 bits per heavy atom. The average Bonchev–Trinajstić information content (AvgIpc) is 3.21. The van der Waals surface area contributed by atoms with E-state index in [1.165, 1.54) is 18.0 Å². The SMILES string of the molecule is COc1ccc(OC)c(/C=N/NC(=O)CSc2nc3ccccc3n2Cc2ccc(Cl)cc2)c1. The molecule has 1 N–H and O–H groups in total. The van der Waals surface area contributed by atoms with Gasteiger partial charge in [-0.15, -0.1) is 0 Å². The summed E-state index contributed by atoms with van der Waals surface area (Å²) in [5.74, 6) is 1.22. The predicted molar refractivity (Wildman–Crippen MR) is 136 cm³/mol. The smallest absolute Gasteiger partial charge is 0.250 e. The van der Waals surface area contributed by atoms with Crippen LogP contribution in [-0.4, -0.2) is 41.6 Å². The van der Waals surface area contributed by atoms with Gasteiger partial charge in [-0.1, -0.05) is 47.6 Å². The number of hydrogen-bond donors (Lipinski definition) is 1. The number of hydrazone groups is 1. The first kappa shape index (κ1) is 23.7. The van der Waals surface area contributed by atoms with Crippen molar-refractivity contribution in [1.82, 2.24) is 15.0 Å². The Bertz CT molecular complexity index is 1320. The number of thioether (sulfide) groups is 1. The van der Waals surface area contributed by atoms with Gasteiger partial charge < -0.3 is 14.0 Å². The highest BCUT2D eigenvalue weighted by molar-refractivity contribution is 7.99. The fraction of sp³-hybridized carbons (Fsp3) is 0.160. The molecular formula is C25H23ClN4O3S. The number of fused-ring (bicyclic) bond motifs is 1. The molecular weight excluding hydrogens is 472 g/mol. The monoisotopic (exact) mass is 494 g/mol. The van der Waals surface area contributed by atoms with Gasteiger partial charge in [0.2, 0.25) is 0 Å². The third kappa shape index (κ3) is 5.70. The van der Waals surface area contributed by atoms with Crippen LogP contribution in [0.5, 0.6) is 11.5 Å². The van der Waals surface area contributed by atoms with Gasteiger partial charge in [-0.2, -0.15) is 5.10 Å². The van der Waals surface area contributed by atoms with Crippen LogP contribution >= 0.6 is 23.4 Å². The van der Waals surface area contributed by atoms with Crippen molar-refractivity contribution in [3.8, 4) is 11.5 Å². The molecule has 1 amide bonds. The number of aromatic nitrogens is 2. The standard InChI is InChI=1S/C25H23ClN4O3S/c1-32-20-11-12-23(33-2)18(13-20)14-27-29-24(31)16-34-25-28-21-5-3-4-6-22(21)30(25)15-17-7-9-19(26)10-8-17/h3-14H,15-16H2,1-2H3,(H,29,31)/b27-14+. The molecule has 0 bridgehead atoms. The number of amides is 1. The highest BCUT2D eigenvalue weighted by Crippen LogP contribution is 2.26. The zero-order valence-electron chi connectivity index (χ0n) is 18.7. The molecule has 0 fully saturated rings. The summed E-state index contributed by atoms with van der Waals surface area (Å²) in [4.78, 5) is 17.2. The van der Waals surface area contributed by atoms with Gasteiger partial charge in [-0.25, -0.2) is 10.4 Å². The van der Waals surface area contributed by atoms with E-state index in [-0.39, 0.29) is 11.7 Å². The van der Waals surface area contributed by atoms with Crippen molar-refractivity contribution in [2.24, 2.45) is 5.10 Å². The number of carbonyl (C=O) groups excluding carboxylic acids is 1. The topological polar surface area (TPSA) is 77.7 Å². The highest BCUT2D eigenvalue weighted by atomic mass is 35.5. The Morgan fingerprint density at radius 3 is 2.68 bits per heavy atom. The van der Waals surface area contributed by atoms with Crippen LogP contribution in [0.2, 0.25) is 5.02 Å². The van der Waals surface area contributed by atoms with Gasteiger partial charge in [-0.05, 0) is 48.0 Å². The normalized spacial score (nSPS) is 11.1. The molecule has 0 unspecified atom stereocenters. The minimum absolute atomic E-state index is 0.163. The van der Waals surface area contributed by atoms with Crippen molar-refractivity contribution < 1.29 is 14.3 Å². The second kappa shape index (κ2) is 11.1. The number of para-hydroxylation sites is 2. The number of methoxy groups -OCH3 is 2. The molecule has 1 aromatic heterocycles. The molecule has 4 aromatic rings. The summed E-state index contributed by atoms with van der Waals surface area (Å²) >= 11 is 7.38. The first-order chi connectivity index (χ1) is 16.6. The fourth-order valence-electron chi connectivity index (χ4n) is 3.37. The Morgan fingerprint density at radius 2 is 1.91 bits per heavy atom. The van der Waals surface area contributed by atoms with Gasteiger partial charge in [0.15, 0.2) is 5.16 Å². The van der Waals surface area contributed by atoms with E-state index in [9.17, 15) is 4.79 Å². The molecule has 4 rings (SSSR count). The fourth-order valence-corrected chi connectivity index (χ4v) is 4.30. The Balaban J connectivity index is 1.44. The molecule has 7 nitrogen and oxygen atoms in total. The number of halogens is 1. The molecule has 0 atom stereocenters. The summed E-state index contributed by atoms with van der Waals surface area (Å²) in [6.45, 7) is 0.620. The average molecular weight is 495 g/mol. The zero-order valence-corrected chi connectivity index (χ0v) is 20.3. The predicted octanol–water partition coefficient (Wildman–Crippen LogP) is 5.00. The minimum atomic E-state index is -0.242. The van der Waals surface area contributed by atoms with Gasteiger partial charge >= 0.3 is 0 Å². The summed E-state index contributed by atoms with van der Waals surface area (Å²) in [6, 6.07) is 21.0. The molecule has 0 saturated carbocycles. The maximum atomic E-state index is 12.5. The lowest BCUT2D eigenvalue weighted by Crippen LogP contribution is -2.20. The quantitative estimate of drug-likeness (QED) is 0.201. The van der Waals surface area contributed by atoms with Crippen LogP contribution in [0.1, 0.15) is 11.1 Å². The Labute approximate surface area is 206 Å². The van der Waals surface area contributed by atoms with E-state index in [2.05, 4.69) is 15.1 Å².